The fraction of sp³-hybridized carbons (Fsp3) is 0.571. The summed E-state index contributed by atoms with van der Waals surface area (Å²) in [5, 5.41) is 9.76. The van der Waals surface area contributed by atoms with Crippen LogP contribution < -0.4 is 4.72 Å². The van der Waals surface area contributed by atoms with Crippen LogP contribution >= 0.6 is 0 Å². The van der Waals surface area contributed by atoms with Crippen LogP contribution in [0, 0.1) is 5.41 Å². The van der Waals surface area contributed by atoms with Crippen LogP contribution in [0.1, 0.15) is 45.8 Å². The van der Waals surface area contributed by atoms with E-state index in [0.717, 1.165) is 0 Å². The van der Waals surface area contributed by atoms with Gasteiger partial charge in [0.2, 0.25) is 10.0 Å². The highest BCUT2D eigenvalue weighted by molar-refractivity contribution is 7.89. The number of aliphatic hydroxyl groups is 1. The summed E-state index contributed by atoms with van der Waals surface area (Å²) in [6, 6.07) is 6.45. The molecule has 0 fully saturated rings. The molecule has 1 rings (SSSR count). The molecule has 108 valence electrons. The van der Waals surface area contributed by atoms with Gasteiger partial charge in [0, 0.05) is 6.54 Å². The second kappa shape index (κ2) is 6.03. The van der Waals surface area contributed by atoms with Gasteiger partial charge in [0.05, 0.1) is 11.0 Å². The van der Waals surface area contributed by atoms with Gasteiger partial charge >= 0.3 is 0 Å². The third-order valence-corrected chi connectivity index (χ3v) is 4.13. The molecule has 0 radical (unpaired) electrons. The Morgan fingerprint density at radius 3 is 2.47 bits per heavy atom. The predicted octanol–water partition coefficient (Wildman–Crippen LogP) is 2.45. The van der Waals surface area contributed by atoms with E-state index in [0.29, 0.717) is 18.5 Å². The lowest BCUT2D eigenvalue weighted by molar-refractivity contribution is 0.173. The first-order chi connectivity index (χ1) is 8.65. The van der Waals surface area contributed by atoms with Crippen LogP contribution in [0.5, 0.6) is 0 Å². The molecule has 0 aliphatic carbocycles. The van der Waals surface area contributed by atoms with Crippen LogP contribution in [0.2, 0.25) is 0 Å². The molecule has 1 unspecified atom stereocenters. The fourth-order valence-corrected chi connectivity index (χ4v) is 2.86. The highest BCUT2D eigenvalue weighted by atomic mass is 32.2. The van der Waals surface area contributed by atoms with Crippen LogP contribution in [-0.2, 0) is 10.0 Å². The molecule has 19 heavy (non-hydrogen) atoms. The van der Waals surface area contributed by atoms with E-state index in [2.05, 4.69) is 4.72 Å². The Morgan fingerprint density at radius 2 is 1.95 bits per heavy atom. The van der Waals surface area contributed by atoms with Gasteiger partial charge in [-0.2, -0.15) is 0 Å². The Labute approximate surface area is 115 Å². The number of sulfonamides is 1. The van der Waals surface area contributed by atoms with Crippen molar-refractivity contribution in [2.75, 3.05) is 6.54 Å². The van der Waals surface area contributed by atoms with Crippen LogP contribution in [0.4, 0.5) is 0 Å². The molecule has 0 amide bonds. The first-order valence-electron chi connectivity index (χ1n) is 6.43. The van der Waals surface area contributed by atoms with E-state index in [1.54, 1.807) is 12.1 Å². The van der Waals surface area contributed by atoms with Gasteiger partial charge in [-0.25, -0.2) is 13.1 Å². The number of aliphatic hydroxyl groups excluding tert-OH is 1. The molecule has 0 aromatic heterocycles. The van der Waals surface area contributed by atoms with E-state index in [-0.39, 0.29) is 10.3 Å². The van der Waals surface area contributed by atoms with Crippen LogP contribution in [0.25, 0.3) is 0 Å². The van der Waals surface area contributed by atoms with E-state index >= 15 is 0 Å². The van der Waals surface area contributed by atoms with Crippen molar-refractivity contribution in [2.45, 2.75) is 45.1 Å². The van der Waals surface area contributed by atoms with Gasteiger partial charge in [-0.1, -0.05) is 39.8 Å². The van der Waals surface area contributed by atoms with Crippen molar-refractivity contribution >= 4 is 10.0 Å². The molecule has 1 aromatic carbocycles. The zero-order valence-corrected chi connectivity index (χ0v) is 12.8. The fourth-order valence-electron chi connectivity index (χ4n) is 1.52. The SMILES string of the molecule is CCC(O)c1cccc(S(=O)(=O)NCC(C)(C)C)c1. The molecule has 2 N–H and O–H groups in total. The maximum Gasteiger partial charge on any atom is 0.240 e. The summed E-state index contributed by atoms with van der Waals surface area (Å²) in [5.74, 6) is 0. The average molecular weight is 285 g/mol. The molecule has 1 atom stereocenters. The minimum Gasteiger partial charge on any atom is -0.388 e. The summed E-state index contributed by atoms with van der Waals surface area (Å²) >= 11 is 0. The molecule has 0 aliphatic heterocycles. The van der Waals surface area contributed by atoms with Gasteiger partial charge < -0.3 is 5.11 Å². The zero-order valence-electron chi connectivity index (χ0n) is 12.0. The summed E-state index contributed by atoms with van der Waals surface area (Å²) in [7, 11) is -3.52. The van der Waals surface area contributed by atoms with E-state index in [1.165, 1.54) is 12.1 Å². The Bertz CT molecular complexity index is 518. The van der Waals surface area contributed by atoms with Crippen LogP contribution in [0.15, 0.2) is 29.2 Å². The normalized spacial score (nSPS) is 14.4. The third-order valence-electron chi connectivity index (χ3n) is 2.73. The van der Waals surface area contributed by atoms with E-state index < -0.39 is 16.1 Å². The molecule has 0 bridgehead atoms. The second-order valence-electron chi connectivity index (χ2n) is 5.88. The maximum atomic E-state index is 12.1. The van der Waals surface area contributed by atoms with Gasteiger partial charge in [-0.3, -0.25) is 0 Å². The second-order valence-corrected chi connectivity index (χ2v) is 7.65. The van der Waals surface area contributed by atoms with Gasteiger partial charge in [0.25, 0.3) is 0 Å². The van der Waals surface area contributed by atoms with Crippen molar-refractivity contribution in [3.63, 3.8) is 0 Å². The van der Waals surface area contributed by atoms with Gasteiger partial charge in [-0.05, 0) is 29.5 Å². The Balaban J connectivity index is 2.96. The standard InChI is InChI=1S/C14H23NO3S/c1-5-13(16)11-7-6-8-12(9-11)19(17,18)15-10-14(2,3)4/h6-9,13,15-16H,5,10H2,1-4H3. The summed E-state index contributed by atoms with van der Waals surface area (Å²) in [6.45, 7) is 8.12. The summed E-state index contributed by atoms with van der Waals surface area (Å²) in [4.78, 5) is 0.196. The first kappa shape index (κ1) is 16.1. The van der Waals surface area contributed by atoms with E-state index in [1.807, 2.05) is 27.7 Å². The van der Waals surface area contributed by atoms with Crippen LogP contribution in [-0.4, -0.2) is 20.1 Å². The van der Waals surface area contributed by atoms with Crippen molar-refractivity contribution in [3.8, 4) is 0 Å². The van der Waals surface area contributed by atoms with Gasteiger partial charge in [0.15, 0.2) is 0 Å². The molecule has 4 nitrogen and oxygen atoms in total. The number of nitrogens with one attached hydrogen (secondary N) is 1. The molecule has 0 saturated heterocycles. The lowest BCUT2D eigenvalue weighted by Gasteiger charge is -2.19. The number of benzene rings is 1. The largest absolute Gasteiger partial charge is 0.388 e. The molecular formula is C14H23NO3S. The third kappa shape index (κ3) is 4.93. The number of hydrogen-bond acceptors (Lipinski definition) is 3. The molecule has 0 saturated carbocycles. The van der Waals surface area contributed by atoms with Crippen molar-refractivity contribution in [3.05, 3.63) is 29.8 Å². The smallest absolute Gasteiger partial charge is 0.240 e. The Kier molecular flexibility index (Phi) is 5.12. The summed E-state index contributed by atoms with van der Waals surface area (Å²) in [6.07, 6.45) is -0.0726. The average Bonchev–Trinajstić information content (AvgIpc) is 2.35. The minimum absolute atomic E-state index is 0.117. The van der Waals surface area contributed by atoms with Crippen molar-refractivity contribution in [2.24, 2.45) is 5.41 Å². The number of hydrogen-bond donors (Lipinski definition) is 2. The minimum atomic E-state index is -3.52. The highest BCUT2D eigenvalue weighted by Crippen LogP contribution is 2.20. The summed E-state index contributed by atoms with van der Waals surface area (Å²) in [5.41, 5.74) is 0.509. The number of rotatable bonds is 5. The Morgan fingerprint density at radius 1 is 1.32 bits per heavy atom. The molecule has 5 heteroatoms. The monoisotopic (exact) mass is 285 g/mol. The lowest BCUT2D eigenvalue weighted by atomic mass is 9.98. The van der Waals surface area contributed by atoms with E-state index in [4.69, 9.17) is 0 Å². The molecule has 0 heterocycles. The first-order valence-corrected chi connectivity index (χ1v) is 7.92. The molecule has 0 spiro atoms. The van der Waals surface area contributed by atoms with Crippen molar-refractivity contribution in [1.29, 1.82) is 0 Å². The summed E-state index contributed by atoms with van der Waals surface area (Å²) < 4.78 is 26.9. The van der Waals surface area contributed by atoms with Crippen molar-refractivity contribution < 1.29 is 13.5 Å². The molecular weight excluding hydrogens is 262 g/mol. The molecule has 1 aromatic rings. The predicted molar refractivity (Wildman–Crippen MR) is 76.3 cm³/mol. The van der Waals surface area contributed by atoms with E-state index in [9.17, 15) is 13.5 Å². The quantitative estimate of drug-likeness (QED) is 0.873. The van der Waals surface area contributed by atoms with Gasteiger partial charge in [-0.15, -0.1) is 0 Å². The Hall–Kier alpha value is -0.910. The zero-order chi connectivity index (χ0) is 14.7. The van der Waals surface area contributed by atoms with Gasteiger partial charge in [0.1, 0.15) is 0 Å². The topological polar surface area (TPSA) is 66.4 Å². The van der Waals surface area contributed by atoms with Crippen molar-refractivity contribution in [1.82, 2.24) is 4.72 Å². The maximum absolute atomic E-state index is 12.1. The highest BCUT2D eigenvalue weighted by Gasteiger charge is 2.19. The van der Waals surface area contributed by atoms with Crippen LogP contribution in [0.3, 0.4) is 0 Å². The lowest BCUT2D eigenvalue weighted by Crippen LogP contribution is -2.32. The molecule has 0 aliphatic rings.